The molecule has 10 nitrogen and oxygen atoms in total. The van der Waals surface area contributed by atoms with Crippen molar-refractivity contribution >= 4 is 67.4 Å². The Morgan fingerprint density at radius 2 is 1.32 bits per heavy atom. The first-order chi connectivity index (χ1) is 25.0. The number of nitrogens with zero attached hydrogens (tertiary/aromatic N) is 5. The Morgan fingerprint density at radius 1 is 0.698 bits per heavy atom. The van der Waals surface area contributed by atoms with Crippen molar-refractivity contribution in [1.82, 2.24) is 29.1 Å². The largest absolute Gasteiger partial charge is 1.00 e. The molecule has 0 radical (unpaired) electrons. The molecule has 0 saturated carbocycles. The molecule has 1 aliphatic heterocycles. The Balaban J connectivity index is 0.000000185. The van der Waals surface area contributed by atoms with Crippen LogP contribution < -0.4 is 29.6 Å². The SMILES string of the molecule is C1=NCC=C1c1c[nH]c2ncc(Sc3ccccc3)cc12.O=S(=O)(c1ccccc1)n1cc(-c2cn[nH]c2)c2cc(Sc3ccccc3)cnc21.[Na+].[OH-]. The fourth-order valence-electron chi connectivity index (χ4n) is 5.70. The number of benzene rings is 3. The maximum Gasteiger partial charge on any atom is 1.00 e. The molecule has 0 amide bonds. The van der Waals surface area contributed by atoms with Gasteiger partial charge in [-0.2, -0.15) is 5.10 Å². The molecule has 0 saturated heterocycles. The van der Waals surface area contributed by atoms with E-state index in [4.69, 9.17) is 0 Å². The van der Waals surface area contributed by atoms with Gasteiger partial charge in [-0.1, -0.05) is 84.2 Å². The summed E-state index contributed by atoms with van der Waals surface area (Å²) in [4.78, 5) is 21.1. The number of hydrogen-bond acceptors (Lipinski definition) is 9. The van der Waals surface area contributed by atoms with Crippen molar-refractivity contribution in [3.8, 4) is 11.1 Å². The molecular formula is C39H30N7NaO3S3. The van der Waals surface area contributed by atoms with Crippen LogP contribution in [0, 0.1) is 0 Å². The molecule has 9 rings (SSSR count). The van der Waals surface area contributed by atoms with Crippen LogP contribution in [-0.4, -0.2) is 55.8 Å². The molecule has 5 aromatic heterocycles. The summed E-state index contributed by atoms with van der Waals surface area (Å²) in [5.74, 6) is 0. The fourth-order valence-corrected chi connectivity index (χ4v) is 8.74. The Labute approximate surface area is 336 Å². The number of H-pyrrole nitrogens is 2. The zero-order valence-corrected chi connectivity index (χ0v) is 32.8. The summed E-state index contributed by atoms with van der Waals surface area (Å²) in [6.45, 7) is 0.772. The van der Waals surface area contributed by atoms with Crippen molar-refractivity contribution < 1.29 is 43.5 Å². The molecule has 0 bridgehead atoms. The second kappa shape index (κ2) is 16.9. The summed E-state index contributed by atoms with van der Waals surface area (Å²) < 4.78 is 27.8. The molecule has 6 heterocycles. The first kappa shape index (κ1) is 38.0. The van der Waals surface area contributed by atoms with Crippen LogP contribution >= 0.6 is 23.5 Å². The van der Waals surface area contributed by atoms with Gasteiger partial charge in [-0.15, -0.1) is 0 Å². The number of aromatic amines is 2. The van der Waals surface area contributed by atoms with E-state index in [0.717, 1.165) is 48.8 Å². The fraction of sp³-hybridized carbons (Fsp3) is 0.0256. The molecule has 0 atom stereocenters. The molecular weight excluding hydrogens is 734 g/mol. The van der Waals surface area contributed by atoms with Crippen molar-refractivity contribution in [2.45, 2.75) is 24.5 Å². The van der Waals surface area contributed by atoms with Crippen LogP contribution in [0.2, 0.25) is 0 Å². The van der Waals surface area contributed by atoms with Crippen LogP contribution in [-0.2, 0) is 10.0 Å². The molecule has 3 aromatic carbocycles. The zero-order valence-electron chi connectivity index (χ0n) is 28.4. The van der Waals surface area contributed by atoms with E-state index in [1.165, 1.54) is 20.0 Å². The van der Waals surface area contributed by atoms with Crippen LogP contribution in [0.3, 0.4) is 0 Å². The number of nitrogens with one attached hydrogen (secondary N) is 2. The van der Waals surface area contributed by atoms with Gasteiger partial charge in [0.05, 0.1) is 17.6 Å². The Kier molecular flexibility index (Phi) is 12.2. The number of aromatic nitrogens is 6. The van der Waals surface area contributed by atoms with Gasteiger partial charge in [0.25, 0.3) is 10.0 Å². The minimum absolute atomic E-state index is 0. The third-order valence-corrected chi connectivity index (χ3v) is 11.7. The maximum atomic E-state index is 13.3. The standard InChI is InChI=1S/C22H16N4O2S2.C17H13N3S.Na.H2O/c27-30(28,19-9-5-2-6-10-19)26-15-21(16-12-24-25-13-16)20-11-18(14-23-22(20)26)29-17-7-3-1-4-8-17;1-2-4-13(5-3-1)21-14-8-15-16(12-6-7-18-9-12)11-20-17(15)19-10-14;;/h1-15H,(H,24,25);1-6,8-11H,7H2,(H,19,20);;1H2/q;;+1;/p-1. The average Bonchev–Trinajstić information content (AvgIpc) is 4.00. The predicted octanol–water partition coefficient (Wildman–Crippen LogP) is 5.82. The Morgan fingerprint density at radius 3 is 1.92 bits per heavy atom. The minimum Gasteiger partial charge on any atom is -0.870 e. The van der Waals surface area contributed by atoms with E-state index in [0.29, 0.717) is 5.65 Å². The van der Waals surface area contributed by atoms with Gasteiger partial charge >= 0.3 is 29.6 Å². The molecule has 8 aromatic rings. The Hall–Kier alpha value is -4.73. The third-order valence-electron chi connectivity index (χ3n) is 8.12. The van der Waals surface area contributed by atoms with Crippen LogP contribution in [0.1, 0.15) is 5.56 Å². The van der Waals surface area contributed by atoms with Gasteiger partial charge in [-0.25, -0.2) is 22.4 Å². The number of rotatable bonds is 8. The number of aliphatic imine (C=N–C) groups is 1. The first-order valence-electron chi connectivity index (χ1n) is 16.0. The van der Waals surface area contributed by atoms with Crippen LogP contribution in [0.4, 0.5) is 0 Å². The van der Waals surface area contributed by atoms with Crippen LogP contribution in [0.15, 0.2) is 176 Å². The summed E-state index contributed by atoms with van der Waals surface area (Å²) in [6.07, 6.45) is 14.7. The van der Waals surface area contributed by atoms with Crippen molar-refractivity contribution in [2.75, 3.05) is 6.54 Å². The number of pyridine rings is 2. The molecule has 14 heteroatoms. The van der Waals surface area contributed by atoms with E-state index in [2.05, 4.69) is 66.5 Å². The van der Waals surface area contributed by atoms with Gasteiger partial charge in [0.1, 0.15) is 5.65 Å². The topological polar surface area (TPSA) is 152 Å². The summed E-state index contributed by atoms with van der Waals surface area (Å²) in [7, 11) is -3.79. The molecule has 1 aliphatic rings. The summed E-state index contributed by atoms with van der Waals surface area (Å²) in [5, 5.41) is 8.70. The number of hydrogen-bond donors (Lipinski definition) is 2. The van der Waals surface area contributed by atoms with Gasteiger partial charge in [-0.3, -0.25) is 10.1 Å². The summed E-state index contributed by atoms with van der Waals surface area (Å²) in [5.41, 5.74) is 5.20. The second-order valence-corrected chi connectivity index (χ2v) is 15.5. The normalized spacial score (nSPS) is 12.1. The molecule has 0 aliphatic carbocycles. The van der Waals surface area contributed by atoms with E-state index in [-0.39, 0.29) is 39.9 Å². The zero-order chi connectivity index (χ0) is 34.6. The molecule has 3 N–H and O–H groups in total. The monoisotopic (exact) mass is 763 g/mol. The minimum atomic E-state index is -3.79. The summed E-state index contributed by atoms with van der Waals surface area (Å²) in [6, 6.07) is 32.9. The van der Waals surface area contributed by atoms with E-state index < -0.39 is 10.0 Å². The molecule has 0 unspecified atom stereocenters. The van der Waals surface area contributed by atoms with Gasteiger partial charge in [0, 0.05) is 84.2 Å². The van der Waals surface area contributed by atoms with Gasteiger partial charge in [0.15, 0.2) is 5.65 Å². The average molecular weight is 764 g/mol. The number of fused-ring (bicyclic) bond motifs is 2. The van der Waals surface area contributed by atoms with E-state index in [9.17, 15) is 8.42 Å². The van der Waals surface area contributed by atoms with Crippen molar-refractivity contribution in [2.24, 2.45) is 4.99 Å². The van der Waals surface area contributed by atoms with E-state index in [1.807, 2.05) is 61.1 Å². The second-order valence-electron chi connectivity index (χ2n) is 11.4. The molecule has 0 spiro atoms. The number of allylic oxidation sites excluding steroid dienone is 1. The smallest absolute Gasteiger partial charge is 0.870 e. The van der Waals surface area contributed by atoms with Crippen molar-refractivity contribution in [3.63, 3.8) is 0 Å². The van der Waals surface area contributed by atoms with Crippen LogP contribution in [0.25, 0.3) is 38.8 Å². The maximum absolute atomic E-state index is 13.3. The van der Waals surface area contributed by atoms with Crippen LogP contribution in [0.5, 0.6) is 0 Å². The van der Waals surface area contributed by atoms with E-state index in [1.54, 1.807) is 78.6 Å². The van der Waals surface area contributed by atoms with Crippen molar-refractivity contribution in [1.29, 1.82) is 0 Å². The van der Waals surface area contributed by atoms with Crippen molar-refractivity contribution in [3.05, 3.63) is 152 Å². The first-order valence-corrected chi connectivity index (χ1v) is 19.0. The predicted molar refractivity (Wildman–Crippen MR) is 207 cm³/mol. The van der Waals surface area contributed by atoms with E-state index >= 15 is 0 Å². The van der Waals surface area contributed by atoms with Gasteiger partial charge < -0.3 is 10.5 Å². The van der Waals surface area contributed by atoms with Gasteiger partial charge in [0.2, 0.25) is 0 Å². The Bertz CT molecular complexity index is 2630. The molecule has 0 fully saturated rings. The molecule has 258 valence electrons. The molecule has 53 heavy (non-hydrogen) atoms. The van der Waals surface area contributed by atoms with Gasteiger partial charge in [-0.05, 0) is 54.1 Å². The quantitative estimate of drug-likeness (QED) is 0.184. The third kappa shape index (κ3) is 8.26. The summed E-state index contributed by atoms with van der Waals surface area (Å²) >= 11 is 3.30.